The lowest BCUT2D eigenvalue weighted by atomic mass is 9.92. The Morgan fingerprint density at radius 3 is 2.67 bits per heavy atom. The van der Waals surface area contributed by atoms with Crippen LogP contribution in [-0.4, -0.2) is 44.1 Å². The van der Waals surface area contributed by atoms with Crippen molar-refractivity contribution in [3.05, 3.63) is 41.7 Å². The fraction of sp³-hybridized carbons (Fsp3) is 0.529. The number of nitrogens with one attached hydrogen (secondary N) is 2. The average Bonchev–Trinajstić information content (AvgIpc) is 3.09. The third-order valence-corrected chi connectivity index (χ3v) is 4.43. The minimum absolute atomic E-state index is 0.0530. The highest BCUT2D eigenvalue weighted by atomic mass is 16.1. The minimum atomic E-state index is -0.0530. The molecule has 0 aromatic carbocycles. The van der Waals surface area contributed by atoms with Crippen LogP contribution in [0.2, 0.25) is 0 Å². The molecule has 1 amide bonds. The molecule has 0 saturated carbocycles. The molecule has 0 radical (unpaired) electrons. The first kappa shape index (κ1) is 16.6. The number of H-pyrrole nitrogens is 1. The van der Waals surface area contributed by atoms with Gasteiger partial charge in [0.05, 0.1) is 24.1 Å². The molecule has 7 heteroatoms. The molecule has 2 aromatic rings. The van der Waals surface area contributed by atoms with Gasteiger partial charge in [-0.2, -0.15) is 5.10 Å². The van der Waals surface area contributed by atoms with Crippen molar-refractivity contribution in [2.24, 2.45) is 5.92 Å². The minimum Gasteiger partial charge on any atom is -0.351 e. The molecule has 24 heavy (non-hydrogen) atoms. The second-order valence-corrected chi connectivity index (χ2v) is 6.41. The Hall–Kier alpha value is -2.28. The maximum Gasteiger partial charge on any atom is 0.217 e. The normalized spacial score (nSPS) is 16.2. The molecule has 3 rings (SSSR count). The number of hydrogen-bond acceptors (Lipinski definition) is 5. The molecule has 2 aromatic heterocycles. The Morgan fingerprint density at radius 2 is 2.04 bits per heavy atom. The summed E-state index contributed by atoms with van der Waals surface area (Å²) in [6.45, 7) is 5.11. The number of carbonyl (C=O) groups excluding carboxylic acids is 1. The molecule has 1 aliphatic heterocycles. The van der Waals surface area contributed by atoms with Crippen molar-refractivity contribution in [1.29, 1.82) is 0 Å². The summed E-state index contributed by atoms with van der Waals surface area (Å²) < 4.78 is 0. The number of aromatic amines is 1. The van der Waals surface area contributed by atoms with Gasteiger partial charge in [0.1, 0.15) is 0 Å². The van der Waals surface area contributed by atoms with Crippen LogP contribution in [0.3, 0.4) is 0 Å². The van der Waals surface area contributed by atoms with Gasteiger partial charge in [-0.3, -0.25) is 24.8 Å². The third-order valence-electron chi connectivity index (χ3n) is 4.43. The van der Waals surface area contributed by atoms with E-state index in [9.17, 15) is 4.79 Å². The van der Waals surface area contributed by atoms with Crippen LogP contribution in [0.4, 0.5) is 0 Å². The van der Waals surface area contributed by atoms with E-state index in [-0.39, 0.29) is 5.91 Å². The zero-order valence-corrected chi connectivity index (χ0v) is 14.0. The van der Waals surface area contributed by atoms with E-state index in [0.717, 1.165) is 37.4 Å². The van der Waals surface area contributed by atoms with Gasteiger partial charge in [-0.25, -0.2) is 0 Å². The lowest BCUT2D eigenvalue weighted by Crippen LogP contribution is -2.34. The molecule has 1 saturated heterocycles. The Bertz CT molecular complexity index is 632. The fourth-order valence-corrected chi connectivity index (χ4v) is 3.05. The van der Waals surface area contributed by atoms with Crippen molar-refractivity contribution in [3.8, 4) is 0 Å². The first-order chi connectivity index (χ1) is 11.7. The van der Waals surface area contributed by atoms with E-state index in [1.807, 2.05) is 12.3 Å². The summed E-state index contributed by atoms with van der Waals surface area (Å²) >= 11 is 0. The monoisotopic (exact) mass is 328 g/mol. The molecule has 1 fully saturated rings. The van der Waals surface area contributed by atoms with Crippen LogP contribution in [0.15, 0.2) is 24.7 Å². The quantitative estimate of drug-likeness (QED) is 0.834. The Balaban J connectivity index is 1.43. The smallest absolute Gasteiger partial charge is 0.217 e. The Morgan fingerprint density at radius 1 is 1.29 bits per heavy atom. The van der Waals surface area contributed by atoms with Crippen molar-refractivity contribution in [1.82, 2.24) is 30.4 Å². The topological polar surface area (TPSA) is 86.8 Å². The fourth-order valence-electron chi connectivity index (χ4n) is 3.05. The molecule has 0 atom stereocenters. The highest BCUT2D eigenvalue weighted by Crippen LogP contribution is 2.21. The number of nitrogens with zero attached hydrogens (tertiary/aromatic N) is 4. The predicted molar refractivity (Wildman–Crippen MR) is 89.8 cm³/mol. The Kier molecular flexibility index (Phi) is 5.53. The SMILES string of the molecule is CC(=O)NCc1cnc(CC2CCN(Cc3ccn[nH]3)CC2)cn1. The van der Waals surface area contributed by atoms with Crippen LogP contribution < -0.4 is 5.32 Å². The third kappa shape index (κ3) is 4.86. The Labute approximate surface area is 141 Å². The first-order valence-corrected chi connectivity index (χ1v) is 8.44. The van der Waals surface area contributed by atoms with Gasteiger partial charge in [-0.05, 0) is 44.3 Å². The van der Waals surface area contributed by atoms with Crippen molar-refractivity contribution in [3.63, 3.8) is 0 Å². The van der Waals surface area contributed by atoms with Crippen LogP contribution in [0.25, 0.3) is 0 Å². The lowest BCUT2D eigenvalue weighted by molar-refractivity contribution is -0.119. The maximum atomic E-state index is 10.9. The number of aromatic nitrogens is 4. The van der Waals surface area contributed by atoms with Gasteiger partial charge < -0.3 is 5.32 Å². The maximum absolute atomic E-state index is 10.9. The summed E-state index contributed by atoms with van der Waals surface area (Å²) in [5.41, 5.74) is 3.01. The molecule has 2 N–H and O–H groups in total. The van der Waals surface area contributed by atoms with Gasteiger partial charge in [0.15, 0.2) is 0 Å². The van der Waals surface area contributed by atoms with E-state index in [2.05, 4.69) is 30.4 Å². The van der Waals surface area contributed by atoms with E-state index in [1.54, 1.807) is 12.4 Å². The molecule has 0 bridgehead atoms. The van der Waals surface area contributed by atoms with E-state index >= 15 is 0 Å². The van der Waals surface area contributed by atoms with Crippen LogP contribution in [0, 0.1) is 5.92 Å². The molecular formula is C17H24N6O. The number of amides is 1. The van der Waals surface area contributed by atoms with Crippen LogP contribution in [-0.2, 0) is 24.3 Å². The van der Waals surface area contributed by atoms with E-state index in [1.165, 1.54) is 25.5 Å². The number of piperidine rings is 1. The molecule has 0 unspecified atom stereocenters. The van der Waals surface area contributed by atoms with Gasteiger partial charge in [0, 0.05) is 31.6 Å². The number of carbonyl (C=O) groups is 1. The summed E-state index contributed by atoms with van der Waals surface area (Å²) in [5.74, 6) is 0.612. The van der Waals surface area contributed by atoms with Gasteiger partial charge in [0.2, 0.25) is 5.91 Å². The molecule has 3 heterocycles. The molecule has 1 aliphatic rings. The standard InChI is InChI=1S/C17H24N6O/c1-13(24)18-10-17-11-19-16(9-20-17)8-14-3-6-23(7-4-14)12-15-2-5-21-22-15/h2,5,9,11,14H,3-4,6-8,10,12H2,1H3,(H,18,24)(H,21,22). The molecule has 128 valence electrons. The molecule has 0 spiro atoms. The average molecular weight is 328 g/mol. The molecule has 0 aliphatic carbocycles. The summed E-state index contributed by atoms with van der Waals surface area (Å²) in [5, 5.41) is 9.75. The second kappa shape index (κ2) is 8.01. The van der Waals surface area contributed by atoms with Crippen LogP contribution >= 0.6 is 0 Å². The van der Waals surface area contributed by atoms with Crippen molar-refractivity contribution in [2.45, 2.75) is 39.3 Å². The second-order valence-electron chi connectivity index (χ2n) is 6.41. The van der Waals surface area contributed by atoms with Crippen LogP contribution in [0.1, 0.15) is 36.8 Å². The van der Waals surface area contributed by atoms with Gasteiger partial charge in [-0.1, -0.05) is 0 Å². The number of hydrogen-bond donors (Lipinski definition) is 2. The summed E-state index contributed by atoms with van der Waals surface area (Å²) in [4.78, 5) is 22.2. The van der Waals surface area contributed by atoms with Gasteiger partial charge in [-0.15, -0.1) is 0 Å². The van der Waals surface area contributed by atoms with E-state index in [0.29, 0.717) is 12.5 Å². The van der Waals surface area contributed by atoms with Crippen molar-refractivity contribution in [2.75, 3.05) is 13.1 Å². The summed E-state index contributed by atoms with van der Waals surface area (Å²) in [6, 6.07) is 2.03. The number of likely N-dealkylation sites (tertiary alicyclic amines) is 1. The first-order valence-electron chi connectivity index (χ1n) is 8.44. The molecular weight excluding hydrogens is 304 g/mol. The van der Waals surface area contributed by atoms with Gasteiger partial charge >= 0.3 is 0 Å². The summed E-state index contributed by atoms with van der Waals surface area (Å²) in [6.07, 6.45) is 8.75. The van der Waals surface area contributed by atoms with E-state index < -0.39 is 0 Å². The molecule has 7 nitrogen and oxygen atoms in total. The largest absolute Gasteiger partial charge is 0.351 e. The lowest BCUT2D eigenvalue weighted by Gasteiger charge is -2.31. The highest BCUT2D eigenvalue weighted by Gasteiger charge is 2.20. The zero-order chi connectivity index (χ0) is 16.8. The van der Waals surface area contributed by atoms with Gasteiger partial charge in [0.25, 0.3) is 0 Å². The summed E-state index contributed by atoms with van der Waals surface area (Å²) in [7, 11) is 0. The van der Waals surface area contributed by atoms with Crippen molar-refractivity contribution >= 4 is 5.91 Å². The predicted octanol–water partition coefficient (Wildman–Crippen LogP) is 1.29. The number of rotatable bonds is 6. The highest BCUT2D eigenvalue weighted by molar-refractivity contribution is 5.72. The van der Waals surface area contributed by atoms with Crippen molar-refractivity contribution < 1.29 is 4.79 Å². The zero-order valence-electron chi connectivity index (χ0n) is 14.0. The van der Waals surface area contributed by atoms with E-state index in [4.69, 9.17) is 0 Å². The van der Waals surface area contributed by atoms with Crippen LogP contribution in [0.5, 0.6) is 0 Å².